The van der Waals surface area contributed by atoms with Gasteiger partial charge < -0.3 is 19.8 Å². The van der Waals surface area contributed by atoms with Crippen LogP contribution >= 0.6 is 12.2 Å². The molecule has 0 spiro atoms. The van der Waals surface area contributed by atoms with E-state index in [9.17, 15) is 4.79 Å². The average molecular weight is 264 g/mol. The summed E-state index contributed by atoms with van der Waals surface area (Å²) < 4.78 is 2.66. The van der Waals surface area contributed by atoms with Crippen LogP contribution in [0.2, 0.25) is 0 Å². The normalized spacial score (nSPS) is 10.6. The zero-order valence-electron chi connectivity index (χ0n) is 10.4. The second-order valence-corrected chi connectivity index (χ2v) is 4.61. The SMILES string of the molecule is CN(C)C(=O)NCCn1c(=S)[nH]c2ccccc21. The molecule has 0 aliphatic heterocycles. The van der Waals surface area contributed by atoms with Gasteiger partial charge in [-0.2, -0.15) is 0 Å². The number of aromatic amines is 1. The summed E-state index contributed by atoms with van der Waals surface area (Å²) in [4.78, 5) is 16.0. The van der Waals surface area contributed by atoms with E-state index in [0.717, 1.165) is 11.0 Å². The lowest BCUT2D eigenvalue weighted by molar-refractivity contribution is 0.217. The molecule has 5 nitrogen and oxygen atoms in total. The van der Waals surface area contributed by atoms with Gasteiger partial charge in [-0.25, -0.2) is 4.79 Å². The number of para-hydroxylation sites is 2. The molecule has 2 aromatic rings. The Labute approximate surface area is 110 Å². The predicted molar refractivity (Wildman–Crippen MR) is 74.2 cm³/mol. The Balaban J connectivity index is 2.10. The third kappa shape index (κ3) is 2.53. The van der Waals surface area contributed by atoms with Crippen molar-refractivity contribution in [3.05, 3.63) is 29.0 Å². The Kier molecular flexibility index (Phi) is 3.66. The van der Waals surface area contributed by atoms with Gasteiger partial charge in [0.1, 0.15) is 0 Å². The molecular formula is C12H16N4OS. The van der Waals surface area contributed by atoms with Gasteiger partial charge in [0.15, 0.2) is 4.77 Å². The van der Waals surface area contributed by atoms with Crippen molar-refractivity contribution >= 4 is 29.3 Å². The van der Waals surface area contributed by atoms with Crippen molar-refractivity contribution in [3.8, 4) is 0 Å². The number of aromatic nitrogens is 2. The third-order valence-electron chi connectivity index (χ3n) is 2.70. The summed E-state index contributed by atoms with van der Waals surface area (Å²) >= 11 is 5.27. The zero-order valence-corrected chi connectivity index (χ0v) is 11.3. The number of fused-ring (bicyclic) bond motifs is 1. The van der Waals surface area contributed by atoms with E-state index in [0.29, 0.717) is 17.9 Å². The van der Waals surface area contributed by atoms with Gasteiger partial charge in [0, 0.05) is 27.2 Å². The summed E-state index contributed by atoms with van der Waals surface area (Å²) in [5.74, 6) is 0. The molecule has 0 bridgehead atoms. The highest BCUT2D eigenvalue weighted by Crippen LogP contribution is 2.12. The van der Waals surface area contributed by atoms with E-state index in [4.69, 9.17) is 12.2 Å². The Morgan fingerprint density at radius 2 is 2.17 bits per heavy atom. The number of carbonyl (C=O) groups is 1. The highest BCUT2D eigenvalue weighted by molar-refractivity contribution is 7.71. The van der Waals surface area contributed by atoms with Gasteiger partial charge in [0.2, 0.25) is 0 Å². The molecule has 0 aliphatic rings. The minimum absolute atomic E-state index is 0.0960. The fourth-order valence-electron chi connectivity index (χ4n) is 1.76. The molecule has 18 heavy (non-hydrogen) atoms. The number of imidazole rings is 1. The maximum Gasteiger partial charge on any atom is 0.316 e. The van der Waals surface area contributed by atoms with Gasteiger partial charge in [0.25, 0.3) is 0 Å². The van der Waals surface area contributed by atoms with E-state index in [1.807, 2.05) is 28.8 Å². The number of H-pyrrole nitrogens is 1. The molecular weight excluding hydrogens is 248 g/mol. The first-order valence-electron chi connectivity index (χ1n) is 5.72. The number of hydrogen-bond donors (Lipinski definition) is 2. The van der Waals surface area contributed by atoms with Gasteiger partial charge in [-0.15, -0.1) is 0 Å². The Morgan fingerprint density at radius 1 is 1.44 bits per heavy atom. The number of hydrogen-bond acceptors (Lipinski definition) is 2. The fourth-order valence-corrected chi connectivity index (χ4v) is 2.06. The van der Waals surface area contributed by atoms with Gasteiger partial charge in [-0.05, 0) is 24.4 Å². The Hall–Kier alpha value is -1.82. The highest BCUT2D eigenvalue weighted by Gasteiger charge is 2.05. The van der Waals surface area contributed by atoms with Crippen molar-refractivity contribution in [2.24, 2.45) is 0 Å². The number of nitrogens with zero attached hydrogens (tertiary/aromatic N) is 2. The largest absolute Gasteiger partial charge is 0.336 e. The molecule has 2 amide bonds. The Morgan fingerprint density at radius 3 is 2.89 bits per heavy atom. The van der Waals surface area contributed by atoms with Crippen LogP contribution in [0.1, 0.15) is 0 Å². The molecule has 0 saturated carbocycles. The van der Waals surface area contributed by atoms with Crippen LogP contribution in [0.4, 0.5) is 4.79 Å². The summed E-state index contributed by atoms with van der Waals surface area (Å²) in [5.41, 5.74) is 2.07. The molecule has 6 heteroatoms. The second-order valence-electron chi connectivity index (χ2n) is 4.23. The quantitative estimate of drug-likeness (QED) is 0.833. The number of nitrogens with one attached hydrogen (secondary N) is 2. The number of carbonyl (C=O) groups excluding carboxylic acids is 1. The molecule has 1 aromatic heterocycles. The van der Waals surface area contributed by atoms with E-state index in [1.54, 1.807) is 14.1 Å². The van der Waals surface area contributed by atoms with Crippen molar-refractivity contribution in [2.75, 3.05) is 20.6 Å². The molecule has 96 valence electrons. The second kappa shape index (κ2) is 5.22. The molecule has 2 rings (SSSR count). The lowest BCUT2D eigenvalue weighted by Crippen LogP contribution is -2.36. The van der Waals surface area contributed by atoms with Crippen molar-refractivity contribution in [1.29, 1.82) is 0 Å². The van der Waals surface area contributed by atoms with E-state index in [2.05, 4.69) is 10.3 Å². The van der Waals surface area contributed by atoms with Crippen LogP contribution in [0.3, 0.4) is 0 Å². The van der Waals surface area contributed by atoms with Crippen LogP contribution in [0.15, 0.2) is 24.3 Å². The van der Waals surface area contributed by atoms with Crippen LogP contribution in [-0.2, 0) is 6.54 Å². The fraction of sp³-hybridized carbons (Fsp3) is 0.333. The van der Waals surface area contributed by atoms with Crippen LogP contribution in [0.5, 0.6) is 0 Å². The van der Waals surface area contributed by atoms with E-state index < -0.39 is 0 Å². The van der Waals surface area contributed by atoms with Crippen LogP contribution in [0.25, 0.3) is 11.0 Å². The summed E-state index contributed by atoms with van der Waals surface area (Å²) in [7, 11) is 3.43. The molecule has 2 N–H and O–H groups in total. The van der Waals surface area contributed by atoms with Crippen LogP contribution in [0, 0.1) is 4.77 Å². The first kappa shape index (κ1) is 12.6. The third-order valence-corrected chi connectivity index (χ3v) is 3.02. The smallest absolute Gasteiger partial charge is 0.316 e. The van der Waals surface area contributed by atoms with Crippen LogP contribution < -0.4 is 5.32 Å². The van der Waals surface area contributed by atoms with Crippen molar-refractivity contribution in [2.45, 2.75) is 6.54 Å². The van der Waals surface area contributed by atoms with E-state index >= 15 is 0 Å². The average Bonchev–Trinajstić information content (AvgIpc) is 2.65. The van der Waals surface area contributed by atoms with Crippen molar-refractivity contribution in [1.82, 2.24) is 19.8 Å². The minimum Gasteiger partial charge on any atom is -0.336 e. The lowest BCUT2D eigenvalue weighted by atomic mass is 10.3. The highest BCUT2D eigenvalue weighted by atomic mass is 32.1. The molecule has 1 aromatic carbocycles. The van der Waals surface area contributed by atoms with E-state index in [-0.39, 0.29) is 6.03 Å². The van der Waals surface area contributed by atoms with Crippen LogP contribution in [-0.4, -0.2) is 41.1 Å². The summed E-state index contributed by atoms with van der Waals surface area (Å²) in [5, 5.41) is 2.82. The maximum absolute atomic E-state index is 11.4. The first-order chi connectivity index (χ1) is 8.59. The molecule has 0 unspecified atom stereocenters. The molecule has 0 atom stereocenters. The molecule has 0 fully saturated rings. The van der Waals surface area contributed by atoms with Gasteiger partial charge in [-0.3, -0.25) is 0 Å². The van der Waals surface area contributed by atoms with Gasteiger partial charge in [0.05, 0.1) is 11.0 Å². The number of benzene rings is 1. The summed E-state index contributed by atoms with van der Waals surface area (Å²) in [6.45, 7) is 1.20. The molecule has 1 heterocycles. The minimum atomic E-state index is -0.0960. The molecule has 0 saturated heterocycles. The van der Waals surface area contributed by atoms with Gasteiger partial charge in [-0.1, -0.05) is 12.1 Å². The summed E-state index contributed by atoms with van der Waals surface area (Å²) in [6, 6.07) is 7.84. The number of rotatable bonds is 3. The Bertz CT molecular complexity index is 614. The lowest BCUT2D eigenvalue weighted by Gasteiger charge is -2.12. The van der Waals surface area contributed by atoms with Crippen molar-refractivity contribution in [3.63, 3.8) is 0 Å². The summed E-state index contributed by atoms with van der Waals surface area (Å²) in [6.07, 6.45) is 0. The monoisotopic (exact) mass is 264 g/mol. The maximum atomic E-state index is 11.4. The standard InChI is InChI=1S/C12H16N4OS/c1-15(2)11(17)13-7-8-16-10-6-4-3-5-9(10)14-12(16)18/h3-6H,7-8H2,1-2H3,(H,13,17)(H,14,18). The first-order valence-corrected chi connectivity index (χ1v) is 6.13. The van der Waals surface area contributed by atoms with E-state index in [1.165, 1.54) is 4.90 Å². The van der Waals surface area contributed by atoms with Gasteiger partial charge >= 0.3 is 6.03 Å². The number of urea groups is 1. The topological polar surface area (TPSA) is 53.1 Å². The van der Waals surface area contributed by atoms with Crippen molar-refractivity contribution < 1.29 is 4.79 Å². The molecule has 0 radical (unpaired) electrons. The predicted octanol–water partition coefficient (Wildman–Crippen LogP) is 1.97. The molecule has 0 aliphatic carbocycles. The zero-order chi connectivity index (χ0) is 13.1. The number of amides is 2.